The van der Waals surface area contributed by atoms with Crippen molar-refractivity contribution in [1.29, 1.82) is 0 Å². The van der Waals surface area contributed by atoms with E-state index in [1.165, 1.54) is 0 Å². The SMILES string of the molecule is CNc1ccc(-c2cccc3cccnc23)nn1. The third kappa shape index (κ3) is 1.78. The summed E-state index contributed by atoms with van der Waals surface area (Å²) < 4.78 is 0. The van der Waals surface area contributed by atoms with Gasteiger partial charge in [0, 0.05) is 24.2 Å². The van der Waals surface area contributed by atoms with E-state index in [9.17, 15) is 0 Å². The number of benzene rings is 1. The zero-order chi connectivity index (χ0) is 12.4. The van der Waals surface area contributed by atoms with Crippen molar-refractivity contribution in [3.63, 3.8) is 0 Å². The number of para-hydroxylation sites is 1. The monoisotopic (exact) mass is 236 g/mol. The minimum absolute atomic E-state index is 0.756. The Hall–Kier alpha value is -2.49. The van der Waals surface area contributed by atoms with Gasteiger partial charge in [-0.1, -0.05) is 24.3 Å². The van der Waals surface area contributed by atoms with Crippen LogP contribution in [-0.2, 0) is 0 Å². The Morgan fingerprint density at radius 3 is 2.61 bits per heavy atom. The summed E-state index contributed by atoms with van der Waals surface area (Å²) in [6.07, 6.45) is 1.79. The van der Waals surface area contributed by atoms with Crippen LogP contribution < -0.4 is 5.32 Å². The number of rotatable bonds is 2. The van der Waals surface area contributed by atoms with Crippen molar-refractivity contribution < 1.29 is 0 Å². The molecular formula is C14H12N4. The van der Waals surface area contributed by atoms with Gasteiger partial charge in [-0.2, -0.15) is 0 Å². The Bertz CT molecular complexity index is 671. The topological polar surface area (TPSA) is 50.7 Å². The molecule has 0 fully saturated rings. The molecule has 1 N–H and O–H groups in total. The lowest BCUT2D eigenvalue weighted by Crippen LogP contribution is -1.95. The van der Waals surface area contributed by atoms with Crippen molar-refractivity contribution >= 4 is 16.7 Å². The summed E-state index contributed by atoms with van der Waals surface area (Å²) in [5, 5.41) is 12.4. The molecule has 4 heteroatoms. The molecule has 0 aliphatic carbocycles. The van der Waals surface area contributed by atoms with Gasteiger partial charge >= 0.3 is 0 Å². The molecule has 2 aromatic heterocycles. The van der Waals surface area contributed by atoms with E-state index in [-0.39, 0.29) is 0 Å². The van der Waals surface area contributed by atoms with E-state index in [0.29, 0.717) is 0 Å². The molecule has 1 aromatic carbocycles. The first kappa shape index (κ1) is 10.7. The Labute approximate surface area is 105 Å². The molecule has 0 saturated heterocycles. The van der Waals surface area contributed by atoms with Crippen molar-refractivity contribution in [2.24, 2.45) is 0 Å². The maximum atomic E-state index is 4.42. The number of pyridine rings is 1. The average Bonchev–Trinajstić information content (AvgIpc) is 2.47. The fourth-order valence-corrected chi connectivity index (χ4v) is 1.92. The number of nitrogens with zero attached hydrogens (tertiary/aromatic N) is 3. The van der Waals surface area contributed by atoms with E-state index in [2.05, 4.69) is 20.5 Å². The van der Waals surface area contributed by atoms with Crippen molar-refractivity contribution in [2.75, 3.05) is 12.4 Å². The lowest BCUT2D eigenvalue weighted by molar-refractivity contribution is 1.04. The molecule has 0 saturated carbocycles. The first-order valence-corrected chi connectivity index (χ1v) is 5.74. The third-order valence-electron chi connectivity index (χ3n) is 2.83. The molecule has 3 rings (SSSR count). The van der Waals surface area contributed by atoms with Crippen LogP contribution in [0.25, 0.3) is 22.2 Å². The van der Waals surface area contributed by atoms with E-state index in [1.807, 2.05) is 49.5 Å². The number of nitrogens with one attached hydrogen (secondary N) is 1. The summed E-state index contributed by atoms with van der Waals surface area (Å²) in [4.78, 5) is 4.42. The summed E-state index contributed by atoms with van der Waals surface area (Å²) in [6.45, 7) is 0. The second kappa shape index (κ2) is 4.41. The highest BCUT2D eigenvalue weighted by atomic mass is 15.2. The molecule has 0 spiro atoms. The van der Waals surface area contributed by atoms with Crippen molar-refractivity contribution in [1.82, 2.24) is 15.2 Å². The van der Waals surface area contributed by atoms with Gasteiger partial charge in [0.25, 0.3) is 0 Å². The molecule has 0 unspecified atom stereocenters. The quantitative estimate of drug-likeness (QED) is 0.743. The largest absolute Gasteiger partial charge is 0.372 e. The molecule has 2 heterocycles. The Balaban J connectivity index is 2.18. The van der Waals surface area contributed by atoms with Gasteiger partial charge in [0.2, 0.25) is 0 Å². The van der Waals surface area contributed by atoms with E-state index >= 15 is 0 Å². The number of hydrogen-bond donors (Lipinski definition) is 1. The van der Waals surface area contributed by atoms with Gasteiger partial charge in [0.1, 0.15) is 5.82 Å². The molecule has 88 valence electrons. The molecule has 18 heavy (non-hydrogen) atoms. The molecule has 0 atom stereocenters. The first-order chi connectivity index (χ1) is 8.88. The Morgan fingerprint density at radius 2 is 1.83 bits per heavy atom. The van der Waals surface area contributed by atoms with Crippen LogP contribution in [0.1, 0.15) is 0 Å². The number of fused-ring (bicyclic) bond motifs is 1. The van der Waals surface area contributed by atoms with E-state index < -0.39 is 0 Å². The highest BCUT2D eigenvalue weighted by Gasteiger charge is 2.06. The summed E-state index contributed by atoms with van der Waals surface area (Å²) >= 11 is 0. The third-order valence-corrected chi connectivity index (χ3v) is 2.83. The number of aromatic nitrogens is 3. The minimum atomic E-state index is 0.756. The highest BCUT2D eigenvalue weighted by molar-refractivity contribution is 5.92. The van der Waals surface area contributed by atoms with Crippen molar-refractivity contribution in [3.8, 4) is 11.3 Å². The lowest BCUT2D eigenvalue weighted by atomic mass is 10.1. The summed E-state index contributed by atoms with van der Waals surface area (Å²) in [7, 11) is 1.82. The zero-order valence-corrected chi connectivity index (χ0v) is 9.96. The van der Waals surface area contributed by atoms with Crippen LogP contribution in [0.15, 0.2) is 48.7 Å². The van der Waals surface area contributed by atoms with Crippen LogP contribution in [-0.4, -0.2) is 22.2 Å². The molecule has 0 amide bonds. The predicted molar refractivity (Wildman–Crippen MR) is 72.3 cm³/mol. The molecule has 3 aromatic rings. The summed E-state index contributed by atoms with van der Waals surface area (Å²) in [5.41, 5.74) is 2.79. The molecule has 0 radical (unpaired) electrons. The zero-order valence-electron chi connectivity index (χ0n) is 9.96. The van der Waals surface area contributed by atoms with Gasteiger partial charge in [-0.05, 0) is 18.2 Å². The predicted octanol–water partition coefficient (Wildman–Crippen LogP) is 2.73. The molecule has 0 aliphatic rings. The highest BCUT2D eigenvalue weighted by Crippen LogP contribution is 2.25. The second-order valence-electron chi connectivity index (χ2n) is 3.93. The summed E-state index contributed by atoms with van der Waals surface area (Å²) in [5.74, 6) is 0.756. The van der Waals surface area contributed by atoms with Crippen LogP contribution in [0.2, 0.25) is 0 Å². The van der Waals surface area contributed by atoms with Gasteiger partial charge in [0.05, 0.1) is 11.2 Å². The maximum Gasteiger partial charge on any atom is 0.148 e. The molecular weight excluding hydrogens is 224 g/mol. The second-order valence-corrected chi connectivity index (χ2v) is 3.93. The van der Waals surface area contributed by atoms with Gasteiger partial charge in [-0.15, -0.1) is 10.2 Å². The normalized spacial score (nSPS) is 10.5. The summed E-state index contributed by atoms with van der Waals surface area (Å²) in [6, 6.07) is 13.9. The molecule has 0 aliphatic heterocycles. The number of hydrogen-bond acceptors (Lipinski definition) is 4. The van der Waals surface area contributed by atoms with Crippen molar-refractivity contribution in [3.05, 3.63) is 48.7 Å². The first-order valence-electron chi connectivity index (χ1n) is 5.74. The van der Waals surface area contributed by atoms with Crippen LogP contribution in [0.3, 0.4) is 0 Å². The fourth-order valence-electron chi connectivity index (χ4n) is 1.92. The van der Waals surface area contributed by atoms with E-state index in [4.69, 9.17) is 0 Å². The van der Waals surface area contributed by atoms with E-state index in [0.717, 1.165) is 28.0 Å². The maximum absolute atomic E-state index is 4.42. The van der Waals surface area contributed by atoms with Gasteiger partial charge in [-0.3, -0.25) is 4.98 Å². The van der Waals surface area contributed by atoms with Crippen LogP contribution >= 0.6 is 0 Å². The van der Waals surface area contributed by atoms with Crippen LogP contribution in [0.5, 0.6) is 0 Å². The lowest BCUT2D eigenvalue weighted by Gasteiger charge is -2.05. The molecule has 4 nitrogen and oxygen atoms in total. The van der Waals surface area contributed by atoms with Crippen LogP contribution in [0, 0.1) is 0 Å². The number of anilines is 1. The molecule has 0 bridgehead atoms. The average molecular weight is 236 g/mol. The van der Waals surface area contributed by atoms with Crippen molar-refractivity contribution in [2.45, 2.75) is 0 Å². The standard InChI is InChI=1S/C14H12N4/c1-15-13-8-7-12(17-18-13)11-6-2-4-10-5-3-9-16-14(10)11/h2-9H,1H3,(H,15,18). The van der Waals surface area contributed by atoms with E-state index in [1.54, 1.807) is 6.20 Å². The Morgan fingerprint density at radius 1 is 0.944 bits per heavy atom. The minimum Gasteiger partial charge on any atom is -0.372 e. The van der Waals surface area contributed by atoms with Gasteiger partial charge in [0.15, 0.2) is 0 Å². The fraction of sp³-hybridized carbons (Fsp3) is 0.0714. The van der Waals surface area contributed by atoms with Crippen LogP contribution in [0.4, 0.5) is 5.82 Å². The Kier molecular flexibility index (Phi) is 2.61. The van der Waals surface area contributed by atoms with Gasteiger partial charge < -0.3 is 5.32 Å². The smallest absolute Gasteiger partial charge is 0.148 e. The van der Waals surface area contributed by atoms with Gasteiger partial charge in [-0.25, -0.2) is 0 Å².